The van der Waals surface area contributed by atoms with Gasteiger partial charge >= 0.3 is 0 Å². The molecule has 150 valence electrons. The molecule has 4 rings (SSSR count). The van der Waals surface area contributed by atoms with Crippen molar-refractivity contribution in [3.63, 3.8) is 0 Å². The van der Waals surface area contributed by atoms with Crippen LogP contribution in [0.5, 0.6) is 11.5 Å². The first-order valence-electron chi connectivity index (χ1n) is 9.95. The number of amides is 1. The van der Waals surface area contributed by atoms with Gasteiger partial charge in [0.05, 0.1) is 18.3 Å². The number of nitrogens with zero attached hydrogens (tertiary/aromatic N) is 3. The molecule has 1 amide bonds. The highest BCUT2D eigenvalue weighted by atomic mass is 16.5. The molecule has 2 N–H and O–H groups in total. The van der Waals surface area contributed by atoms with E-state index in [1.807, 2.05) is 66.2 Å². The minimum absolute atomic E-state index is 0.155. The van der Waals surface area contributed by atoms with Gasteiger partial charge in [0.1, 0.15) is 11.5 Å². The molecule has 1 aliphatic heterocycles. The zero-order valence-electron chi connectivity index (χ0n) is 16.4. The third-order valence-electron chi connectivity index (χ3n) is 5.13. The van der Waals surface area contributed by atoms with Gasteiger partial charge in [-0.3, -0.25) is 4.79 Å². The molecule has 1 unspecified atom stereocenters. The number of benzene rings is 2. The Kier molecular flexibility index (Phi) is 5.86. The third-order valence-corrected chi connectivity index (χ3v) is 5.13. The fourth-order valence-electron chi connectivity index (χ4n) is 3.43. The van der Waals surface area contributed by atoms with Crippen LogP contribution in [0.4, 0.5) is 0 Å². The predicted octanol–water partition coefficient (Wildman–Crippen LogP) is 3.49. The second-order valence-electron chi connectivity index (χ2n) is 7.24. The Labute approximate surface area is 170 Å². The summed E-state index contributed by atoms with van der Waals surface area (Å²) < 4.78 is 7.63. The van der Waals surface area contributed by atoms with Crippen LogP contribution in [0.1, 0.15) is 47.9 Å². The van der Waals surface area contributed by atoms with Gasteiger partial charge < -0.3 is 15.4 Å². The summed E-state index contributed by atoms with van der Waals surface area (Å²) in [5.41, 5.74) is 1.34. The second-order valence-corrected chi connectivity index (χ2v) is 7.24. The molecule has 0 radical (unpaired) electrons. The zero-order chi connectivity index (χ0) is 20.1. The Morgan fingerprint density at radius 1 is 1.10 bits per heavy atom. The van der Waals surface area contributed by atoms with Crippen LogP contribution in [0.25, 0.3) is 0 Å². The molecule has 7 heteroatoms. The number of piperidine rings is 1. The van der Waals surface area contributed by atoms with Crippen LogP contribution >= 0.6 is 0 Å². The molecule has 1 aromatic heterocycles. The first kappa shape index (κ1) is 19.1. The lowest BCUT2D eigenvalue weighted by atomic mass is 10.1. The number of aromatic nitrogens is 3. The summed E-state index contributed by atoms with van der Waals surface area (Å²) in [6.45, 7) is 3.88. The third kappa shape index (κ3) is 4.81. The number of rotatable bonds is 6. The van der Waals surface area contributed by atoms with Crippen molar-refractivity contribution < 1.29 is 9.53 Å². The van der Waals surface area contributed by atoms with E-state index in [-0.39, 0.29) is 11.9 Å². The van der Waals surface area contributed by atoms with E-state index in [0.717, 1.165) is 43.0 Å². The fourth-order valence-corrected chi connectivity index (χ4v) is 3.43. The summed E-state index contributed by atoms with van der Waals surface area (Å²) in [5, 5.41) is 14.5. The molecule has 0 saturated carbocycles. The van der Waals surface area contributed by atoms with E-state index in [9.17, 15) is 4.79 Å². The van der Waals surface area contributed by atoms with E-state index >= 15 is 0 Å². The van der Waals surface area contributed by atoms with Gasteiger partial charge in [-0.1, -0.05) is 35.5 Å². The van der Waals surface area contributed by atoms with Crippen LogP contribution in [-0.4, -0.2) is 34.0 Å². The van der Waals surface area contributed by atoms with Gasteiger partial charge in [0.15, 0.2) is 5.69 Å². The van der Waals surface area contributed by atoms with E-state index < -0.39 is 0 Å². The second kappa shape index (κ2) is 8.87. The molecular formula is C22H25N5O2. The lowest BCUT2D eigenvalue weighted by Crippen LogP contribution is -2.29. The lowest BCUT2D eigenvalue weighted by molar-refractivity contribution is 0.0934. The van der Waals surface area contributed by atoms with E-state index in [2.05, 4.69) is 20.9 Å². The minimum atomic E-state index is -0.220. The van der Waals surface area contributed by atoms with Crippen LogP contribution in [0.3, 0.4) is 0 Å². The van der Waals surface area contributed by atoms with Crippen LogP contribution in [0, 0.1) is 0 Å². The van der Waals surface area contributed by atoms with Crippen molar-refractivity contribution in [2.45, 2.75) is 31.8 Å². The largest absolute Gasteiger partial charge is 0.457 e. The van der Waals surface area contributed by atoms with Gasteiger partial charge in [-0.2, -0.15) is 0 Å². The Morgan fingerprint density at radius 2 is 1.79 bits per heavy atom. The maximum atomic E-state index is 12.6. The number of nitrogens with one attached hydrogen (secondary N) is 2. The van der Waals surface area contributed by atoms with Gasteiger partial charge in [-0.05, 0) is 62.7 Å². The van der Waals surface area contributed by atoms with E-state index in [4.69, 9.17) is 4.74 Å². The van der Waals surface area contributed by atoms with E-state index in [1.54, 1.807) is 6.20 Å². The maximum absolute atomic E-state index is 12.6. The number of ether oxygens (including phenoxy) is 1. The number of carbonyl (C=O) groups is 1. The molecule has 1 fully saturated rings. The van der Waals surface area contributed by atoms with Crippen molar-refractivity contribution in [1.29, 1.82) is 0 Å². The molecule has 3 aromatic rings. The summed E-state index contributed by atoms with van der Waals surface area (Å²) in [6.07, 6.45) is 3.74. The topological polar surface area (TPSA) is 81.1 Å². The highest BCUT2D eigenvalue weighted by Gasteiger charge is 2.20. The summed E-state index contributed by atoms with van der Waals surface area (Å²) in [4.78, 5) is 12.6. The highest BCUT2D eigenvalue weighted by molar-refractivity contribution is 5.92. The number of para-hydroxylation sites is 1. The molecule has 2 aromatic carbocycles. The van der Waals surface area contributed by atoms with E-state index in [1.165, 1.54) is 0 Å². The summed E-state index contributed by atoms with van der Waals surface area (Å²) >= 11 is 0. The van der Waals surface area contributed by atoms with Gasteiger partial charge in [0.2, 0.25) is 0 Å². The Balaban J connectivity index is 1.35. The maximum Gasteiger partial charge on any atom is 0.273 e. The van der Waals surface area contributed by atoms with Gasteiger partial charge in [-0.25, -0.2) is 4.68 Å². The summed E-state index contributed by atoms with van der Waals surface area (Å²) in [7, 11) is 0. The first-order chi connectivity index (χ1) is 14.2. The van der Waals surface area contributed by atoms with Crippen molar-refractivity contribution in [2.75, 3.05) is 13.1 Å². The Bertz CT molecular complexity index is 933. The molecule has 7 nitrogen and oxygen atoms in total. The van der Waals surface area contributed by atoms with Crippen molar-refractivity contribution in [3.8, 4) is 11.5 Å². The molecule has 1 saturated heterocycles. The van der Waals surface area contributed by atoms with Crippen LogP contribution in [0.2, 0.25) is 0 Å². The molecule has 2 heterocycles. The zero-order valence-corrected chi connectivity index (χ0v) is 16.4. The average Bonchev–Trinajstić information content (AvgIpc) is 3.26. The molecule has 0 spiro atoms. The van der Waals surface area contributed by atoms with Crippen LogP contribution in [0.15, 0.2) is 60.8 Å². The van der Waals surface area contributed by atoms with Gasteiger partial charge in [-0.15, -0.1) is 5.10 Å². The fraction of sp³-hybridized carbons (Fsp3) is 0.318. The summed E-state index contributed by atoms with van der Waals surface area (Å²) in [6, 6.07) is 17.5. The normalized spacial score (nSPS) is 15.6. The SMILES string of the molecule is CC(NC(=O)c1cn(C2CCNCC2)nn1)c1ccc(Oc2ccccc2)cc1. The van der Waals surface area contributed by atoms with Crippen LogP contribution in [-0.2, 0) is 0 Å². The average molecular weight is 391 g/mol. The Morgan fingerprint density at radius 3 is 2.52 bits per heavy atom. The number of carbonyl (C=O) groups excluding carboxylic acids is 1. The predicted molar refractivity (Wildman–Crippen MR) is 110 cm³/mol. The number of hydrogen-bond donors (Lipinski definition) is 2. The Hall–Kier alpha value is -3.19. The lowest BCUT2D eigenvalue weighted by Gasteiger charge is -2.22. The highest BCUT2D eigenvalue weighted by Crippen LogP contribution is 2.23. The molecule has 0 bridgehead atoms. The van der Waals surface area contributed by atoms with E-state index in [0.29, 0.717) is 11.7 Å². The van der Waals surface area contributed by atoms with Crippen molar-refractivity contribution >= 4 is 5.91 Å². The summed E-state index contributed by atoms with van der Waals surface area (Å²) in [5.74, 6) is 1.32. The quantitative estimate of drug-likeness (QED) is 0.672. The standard InChI is InChI=1S/C22H25N5O2/c1-16(17-7-9-20(10-8-17)29-19-5-3-2-4-6-19)24-22(28)21-15-27(26-25-21)18-11-13-23-14-12-18/h2-10,15-16,18,23H,11-14H2,1H3,(H,24,28). The van der Waals surface area contributed by atoms with Gasteiger partial charge in [0.25, 0.3) is 5.91 Å². The number of hydrogen-bond acceptors (Lipinski definition) is 5. The van der Waals surface area contributed by atoms with Crippen molar-refractivity contribution in [2.24, 2.45) is 0 Å². The van der Waals surface area contributed by atoms with Crippen molar-refractivity contribution in [3.05, 3.63) is 72.1 Å². The molecular weight excluding hydrogens is 366 g/mol. The van der Waals surface area contributed by atoms with Crippen molar-refractivity contribution in [1.82, 2.24) is 25.6 Å². The molecule has 1 atom stereocenters. The van der Waals surface area contributed by atoms with Gasteiger partial charge in [0, 0.05) is 0 Å². The molecule has 1 aliphatic rings. The van der Waals surface area contributed by atoms with Crippen LogP contribution < -0.4 is 15.4 Å². The molecule has 0 aliphatic carbocycles. The first-order valence-corrected chi connectivity index (χ1v) is 9.95. The smallest absolute Gasteiger partial charge is 0.273 e. The molecule has 29 heavy (non-hydrogen) atoms. The minimum Gasteiger partial charge on any atom is -0.457 e. The monoisotopic (exact) mass is 391 g/mol.